The predicted molar refractivity (Wildman–Crippen MR) is 72.9 cm³/mol. The summed E-state index contributed by atoms with van der Waals surface area (Å²) >= 11 is 3.37. The molecule has 0 saturated carbocycles. The van der Waals surface area contributed by atoms with Gasteiger partial charge in [0.2, 0.25) is 0 Å². The second kappa shape index (κ2) is 6.52. The largest absolute Gasteiger partial charge is 0.389 e. The summed E-state index contributed by atoms with van der Waals surface area (Å²) in [4.78, 5) is 0. The fourth-order valence-corrected chi connectivity index (χ4v) is 1.98. The van der Waals surface area contributed by atoms with Crippen LogP contribution in [0.5, 0.6) is 0 Å². The summed E-state index contributed by atoms with van der Waals surface area (Å²) in [6.45, 7) is 7.56. The van der Waals surface area contributed by atoms with Crippen molar-refractivity contribution in [3.63, 3.8) is 0 Å². The lowest BCUT2D eigenvalue weighted by Crippen LogP contribution is -2.44. The molecule has 1 aromatic heterocycles. The zero-order chi connectivity index (χ0) is 12.9. The van der Waals surface area contributed by atoms with Gasteiger partial charge in [-0.2, -0.15) is 5.10 Å². The van der Waals surface area contributed by atoms with E-state index in [1.165, 1.54) is 0 Å². The zero-order valence-electron chi connectivity index (χ0n) is 10.8. The van der Waals surface area contributed by atoms with Crippen LogP contribution in [-0.4, -0.2) is 33.1 Å². The number of rotatable bonds is 7. The second-order valence-corrected chi connectivity index (χ2v) is 5.51. The van der Waals surface area contributed by atoms with Crippen LogP contribution in [0.2, 0.25) is 0 Å². The van der Waals surface area contributed by atoms with Crippen LogP contribution in [0.4, 0.5) is 0 Å². The number of halogens is 1. The van der Waals surface area contributed by atoms with Crippen LogP contribution >= 0.6 is 15.9 Å². The van der Waals surface area contributed by atoms with E-state index >= 15 is 0 Å². The number of nitrogens with one attached hydrogen (secondary N) is 1. The smallest absolute Gasteiger partial charge is 0.0766 e. The Kier molecular flexibility index (Phi) is 5.62. The molecule has 0 bridgehead atoms. The van der Waals surface area contributed by atoms with Gasteiger partial charge in [-0.05, 0) is 35.7 Å². The molecular weight excluding hydrogens is 282 g/mol. The minimum absolute atomic E-state index is 0.284. The van der Waals surface area contributed by atoms with E-state index in [1.54, 1.807) is 6.20 Å². The lowest BCUT2D eigenvalue weighted by molar-refractivity contribution is 0.0298. The lowest BCUT2D eigenvalue weighted by atomic mass is 9.97. The molecule has 0 aliphatic rings. The van der Waals surface area contributed by atoms with Gasteiger partial charge in [0, 0.05) is 18.8 Å². The fraction of sp³-hybridized carbons (Fsp3) is 0.750. The van der Waals surface area contributed by atoms with Gasteiger partial charge in [-0.1, -0.05) is 13.8 Å². The van der Waals surface area contributed by atoms with E-state index in [2.05, 4.69) is 33.3 Å². The first-order valence-corrected chi connectivity index (χ1v) is 6.92. The van der Waals surface area contributed by atoms with Crippen LogP contribution < -0.4 is 5.32 Å². The highest BCUT2D eigenvalue weighted by atomic mass is 79.9. The van der Waals surface area contributed by atoms with Crippen molar-refractivity contribution in [1.82, 2.24) is 15.1 Å². The summed E-state index contributed by atoms with van der Waals surface area (Å²) in [6, 6.07) is 0.284. The summed E-state index contributed by atoms with van der Waals surface area (Å²) in [5.41, 5.74) is -0.584. The molecule has 2 N–H and O–H groups in total. The molecule has 0 saturated heterocycles. The second-order valence-electron chi connectivity index (χ2n) is 4.59. The van der Waals surface area contributed by atoms with Gasteiger partial charge < -0.3 is 10.4 Å². The van der Waals surface area contributed by atoms with Gasteiger partial charge >= 0.3 is 0 Å². The van der Waals surface area contributed by atoms with Crippen LogP contribution in [0.3, 0.4) is 0 Å². The number of nitrogens with zero attached hydrogens (tertiary/aromatic N) is 2. The highest BCUT2D eigenvalue weighted by Gasteiger charge is 2.22. The average molecular weight is 304 g/mol. The van der Waals surface area contributed by atoms with Gasteiger partial charge in [0.05, 0.1) is 22.8 Å². The van der Waals surface area contributed by atoms with E-state index < -0.39 is 5.60 Å². The summed E-state index contributed by atoms with van der Waals surface area (Å²) < 4.78 is 2.88. The van der Waals surface area contributed by atoms with Crippen LogP contribution in [0.15, 0.2) is 16.9 Å². The quantitative estimate of drug-likeness (QED) is 0.812. The summed E-state index contributed by atoms with van der Waals surface area (Å²) in [6.07, 6.45) is 5.28. The van der Waals surface area contributed by atoms with E-state index in [1.807, 2.05) is 24.7 Å². The molecule has 0 spiro atoms. The van der Waals surface area contributed by atoms with Gasteiger partial charge in [0.25, 0.3) is 0 Å². The van der Waals surface area contributed by atoms with E-state index in [0.29, 0.717) is 6.54 Å². The molecule has 0 fully saturated rings. The van der Waals surface area contributed by atoms with Gasteiger partial charge in [-0.25, -0.2) is 0 Å². The van der Waals surface area contributed by atoms with Gasteiger partial charge in [0.1, 0.15) is 0 Å². The summed E-state index contributed by atoms with van der Waals surface area (Å²) in [7, 11) is 0. The number of hydrogen-bond donors (Lipinski definition) is 2. The van der Waals surface area contributed by atoms with Crippen LogP contribution in [0, 0.1) is 0 Å². The Labute approximate surface area is 112 Å². The Morgan fingerprint density at radius 3 is 2.65 bits per heavy atom. The fourth-order valence-electron chi connectivity index (χ4n) is 1.65. The molecular formula is C12H22BrN3O. The average Bonchev–Trinajstić information content (AvgIpc) is 2.72. The minimum atomic E-state index is -0.584. The van der Waals surface area contributed by atoms with Crippen molar-refractivity contribution < 1.29 is 5.11 Å². The zero-order valence-corrected chi connectivity index (χ0v) is 12.4. The molecule has 0 aliphatic carbocycles. The minimum Gasteiger partial charge on any atom is -0.389 e. The van der Waals surface area contributed by atoms with Crippen molar-refractivity contribution in [1.29, 1.82) is 0 Å². The van der Waals surface area contributed by atoms with Gasteiger partial charge in [0.15, 0.2) is 0 Å². The predicted octanol–water partition coefficient (Wildman–Crippen LogP) is 2.17. The molecule has 0 radical (unpaired) electrons. The number of hydrogen-bond acceptors (Lipinski definition) is 3. The van der Waals surface area contributed by atoms with Crippen LogP contribution in [0.25, 0.3) is 0 Å². The van der Waals surface area contributed by atoms with E-state index in [0.717, 1.165) is 23.9 Å². The Balaban J connectivity index is 2.37. The molecule has 1 atom stereocenters. The maximum absolute atomic E-state index is 10.2. The van der Waals surface area contributed by atoms with Crippen LogP contribution in [0.1, 0.15) is 33.6 Å². The molecule has 17 heavy (non-hydrogen) atoms. The molecule has 1 aromatic rings. The maximum Gasteiger partial charge on any atom is 0.0766 e. The highest BCUT2D eigenvalue weighted by molar-refractivity contribution is 9.10. The standard InChI is InChI=1S/C12H22BrN3O/c1-4-12(17,5-2)9-14-10(3)7-16-8-11(13)6-15-16/h6,8,10,14,17H,4-5,7,9H2,1-3H3. The third-order valence-corrected chi connectivity index (χ3v) is 3.57. The Bertz CT molecular complexity index is 336. The van der Waals surface area contributed by atoms with Gasteiger partial charge in [-0.3, -0.25) is 4.68 Å². The molecule has 4 nitrogen and oxygen atoms in total. The lowest BCUT2D eigenvalue weighted by Gasteiger charge is -2.27. The first-order valence-electron chi connectivity index (χ1n) is 6.13. The van der Waals surface area contributed by atoms with Crippen molar-refractivity contribution in [2.24, 2.45) is 0 Å². The topological polar surface area (TPSA) is 50.1 Å². The molecule has 5 heteroatoms. The molecule has 1 heterocycles. The molecule has 1 rings (SSSR count). The van der Waals surface area contributed by atoms with E-state index in [-0.39, 0.29) is 6.04 Å². The normalized spacial score (nSPS) is 13.9. The van der Waals surface area contributed by atoms with Crippen molar-refractivity contribution in [2.75, 3.05) is 6.54 Å². The van der Waals surface area contributed by atoms with Crippen LogP contribution in [-0.2, 0) is 6.54 Å². The number of aromatic nitrogens is 2. The molecule has 0 amide bonds. The molecule has 98 valence electrons. The Morgan fingerprint density at radius 1 is 1.53 bits per heavy atom. The molecule has 0 aromatic carbocycles. The number of aliphatic hydroxyl groups is 1. The third-order valence-electron chi connectivity index (χ3n) is 3.16. The Hall–Kier alpha value is -0.390. The van der Waals surface area contributed by atoms with E-state index in [9.17, 15) is 5.11 Å². The molecule has 0 aliphatic heterocycles. The Morgan fingerprint density at radius 2 is 2.18 bits per heavy atom. The summed E-state index contributed by atoms with van der Waals surface area (Å²) in [5, 5.41) is 17.7. The van der Waals surface area contributed by atoms with Crippen molar-refractivity contribution >= 4 is 15.9 Å². The van der Waals surface area contributed by atoms with Gasteiger partial charge in [-0.15, -0.1) is 0 Å². The van der Waals surface area contributed by atoms with Crippen molar-refractivity contribution in [3.8, 4) is 0 Å². The third kappa shape index (κ3) is 4.77. The first-order chi connectivity index (χ1) is 7.99. The SMILES string of the molecule is CCC(O)(CC)CNC(C)Cn1cc(Br)cn1. The van der Waals surface area contributed by atoms with E-state index in [4.69, 9.17) is 0 Å². The first kappa shape index (κ1) is 14.7. The molecule has 1 unspecified atom stereocenters. The highest BCUT2D eigenvalue weighted by Crippen LogP contribution is 2.13. The summed E-state index contributed by atoms with van der Waals surface area (Å²) in [5.74, 6) is 0. The van der Waals surface area contributed by atoms with Crippen molar-refractivity contribution in [2.45, 2.75) is 51.8 Å². The monoisotopic (exact) mass is 303 g/mol. The van der Waals surface area contributed by atoms with Crippen molar-refractivity contribution in [3.05, 3.63) is 16.9 Å². The maximum atomic E-state index is 10.2.